The van der Waals surface area contributed by atoms with Crippen molar-refractivity contribution in [3.05, 3.63) is 28.7 Å². The Morgan fingerprint density at radius 3 is 2.71 bits per heavy atom. The van der Waals surface area contributed by atoms with Gasteiger partial charge in [-0.05, 0) is 31.1 Å². The van der Waals surface area contributed by atoms with Gasteiger partial charge in [-0.15, -0.1) is 0 Å². The molecule has 0 saturated carbocycles. The van der Waals surface area contributed by atoms with E-state index < -0.39 is 28.6 Å². The largest absolute Gasteiger partial charge is 0.420 e. The maximum atomic E-state index is 12.2. The molecule has 7 heteroatoms. The van der Waals surface area contributed by atoms with Crippen LogP contribution in [-0.4, -0.2) is 28.9 Å². The summed E-state index contributed by atoms with van der Waals surface area (Å²) in [5, 5.41) is 2.27. The first-order valence-corrected chi connectivity index (χ1v) is 8.87. The van der Waals surface area contributed by atoms with Crippen LogP contribution in [0.15, 0.2) is 32.3 Å². The van der Waals surface area contributed by atoms with Gasteiger partial charge in [-0.3, -0.25) is 19.5 Å². The predicted molar refractivity (Wildman–Crippen MR) is 81.0 cm³/mol. The van der Waals surface area contributed by atoms with Gasteiger partial charge in [0, 0.05) is 11.3 Å². The van der Waals surface area contributed by atoms with Gasteiger partial charge >= 0.3 is 5.76 Å². The molecule has 0 aliphatic carbocycles. The number of nitrogens with zero attached hydrogens (tertiary/aromatic N) is 1. The van der Waals surface area contributed by atoms with Crippen LogP contribution in [0.1, 0.15) is 18.9 Å². The minimum absolute atomic E-state index is 0.226. The van der Waals surface area contributed by atoms with Crippen molar-refractivity contribution in [1.29, 1.82) is 0 Å². The smallest absolute Gasteiger partial charge is 0.407 e. The van der Waals surface area contributed by atoms with Crippen LogP contribution in [-0.2, 0) is 9.59 Å². The molecule has 1 aliphatic rings. The standard InChI is InChI=1S/C14H16N2O4S/c1-21(2)10-5-3-4-8-12(10)20-14(19)16(8)9-6-7-11(17)15-13(9)18/h3-5,9,21H,6-7H2,1-2H3,(H,15,17,18). The fourth-order valence-electron chi connectivity index (χ4n) is 2.62. The third kappa shape index (κ3) is 2.27. The normalized spacial score (nSPS) is 19.7. The van der Waals surface area contributed by atoms with Crippen molar-refractivity contribution in [3.63, 3.8) is 0 Å². The number of nitrogens with one attached hydrogen (secondary N) is 1. The summed E-state index contributed by atoms with van der Waals surface area (Å²) in [5.74, 6) is -1.30. The first kappa shape index (κ1) is 13.9. The molecule has 1 aromatic carbocycles. The van der Waals surface area contributed by atoms with Gasteiger partial charge in [0.1, 0.15) is 6.04 Å². The fourth-order valence-corrected chi connectivity index (χ4v) is 3.57. The van der Waals surface area contributed by atoms with E-state index >= 15 is 0 Å². The zero-order valence-electron chi connectivity index (χ0n) is 11.8. The highest BCUT2D eigenvalue weighted by molar-refractivity contribution is 8.16. The van der Waals surface area contributed by atoms with Crippen molar-refractivity contribution in [3.8, 4) is 0 Å². The number of para-hydroxylation sites is 1. The van der Waals surface area contributed by atoms with E-state index in [1.165, 1.54) is 4.57 Å². The summed E-state index contributed by atoms with van der Waals surface area (Å²) in [6.45, 7) is 0. The number of amides is 2. The lowest BCUT2D eigenvalue weighted by molar-refractivity contribution is -0.135. The van der Waals surface area contributed by atoms with Crippen LogP contribution < -0.4 is 11.1 Å². The molecule has 3 rings (SSSR count). The SMILES string of the molecule is C[SH](C)c1cccc2c1oc(=O)n2C1CCC(=O)NC1=O. The topological polar surface area (TPSA) is 81.3 Å². The number of thiol groups is 1. The molecule has 21 heavy (non-hydrogen) atoms. The van der Waals surface area contributed by atoms with E-state index in [9.17, 15) is 14.4 Å². The average Bonchev–Trinajstić information content (AvgIpc) is 2.74. The van der Waals surface area contributed by atoms with Gasteiger partial charge in [-0.25, -0.2) is 15.7 Å². The van der Waals surface area contributed by atoms with Crippen molar-refractivity contribution < 1.29 is 14.0 Å². The van der Waals surface area contributed by atoms with Gasteiger partial charge in [0.15, 0.2) is 5.58 Å². The predicted octanol–water partition coefficient (Wildman–Crippen LogP) is 1.19. The molecule has 2 aromatic rings. The van der Waals surface area contributed by atoms with Crippen molar-refractivity contribution in [1.82, 2.24) is 9.88 Å². The molecule has 1 fully saturated rings. The van der Waals surface area contributed by atoms with E-state index in [1.807, 2.05) is 12.1 Å². The Hall–Kier alpha value is -2.02. The molecule has 112 valence electrons. The molecule has 0 bridgehead atoms. The summed E-state index contributed by atoms with van der Waals surface area (Å²) in [4.78, 5) is 36.4. The van der Waals surface area contributed by atoms with Gasteiger partial charge in [0.2, 0.25) is 11.8 Å². The molecular weight excluding hydrogens is 292 g/mol. The lowest BCUT2D eigenvalue weighted by atomic mass is 10.1. The van der Waals surface area contributed by atoms with Gasteiger partial charge in [-0.2, -0.15) is 0 Å². The third-order valence-electron chi connectivity index (χ3n) is 3.62. The Kier molecular flexibility index (Phi) is 3.36. The third-order valence-corrected chi connectivity index (χ3v) is 4.94. The van der Waals surface area contributed by atoms with E-state index in [0.717, 1.165) is 4.90 Å². The van der Waals surface area contributed by atoms with Crippen LogP contribution in [0, 0.1) is 0 Å². The number of carbonyl (C=O) groups excluding carboxylic acids is 2. The van der Waals surface area contributed by atoms with Crippen LogP contribution in [0.5, 0.6) is 0 Å². The number of hydrogen-bond donors (Lipinski definition) is 2. The molecule has 1 aromatic heterocycles. The van der Waals surface area contributed by atoms with E-state index in [1.54, 1.807) is 6.07 Å². The molecule has 2 amide bonds. The molecule has 0 spiro atoms. The lowest BCUT2D eigenvalue weighted by Crippen LogP contribution is -2.43. The van der Waals surface area contributed by atoms with Crippen molar-refractivity contribution >= 4 is 33.8 Å². The van der Waals surface area contributed by atoms with Crippen LogP contribution in [0.2, 0.25) is 0 Å². The maximum Gasteiger partial charge on any atom is 0.420 e. The number of aromatic nitrogens is 1. The van der Waals surface area contributed by atoms with Crippen LogP contribution >= 0.6 is 10.9 Å². The number of hydrogen-bond acceptors (Lipinski definition) is 4. The van der Waals surface area contributed by atoms with Crippen LogP contribution in [0.3, 0.4) is 0 Å². The Balaban J connectivity index is 2.18. The highest BCUT2D eigenvalue weighted by Gasteiger charge is 2.31. The minimum Gasteiger partial charge on any atom is -0.407 e. The molecule has 1 unspecified atom stereocenters. The van der Waals surface area contributed by atoms with Gasteiger partial charge in [0.25, 0.3) is 0 Å². The second kappa shape index (κ2) is 5.07. The number of benzene rings is 1. The molecule has 1 atom stereocenters. The van der Waals surface area contributed by atoms with Crippen molar-refractivity contribution in [2.24, 2.45) is 0 Å². The van der Waals surface area contributed by atoms with Gasteiger partial charge in [0.05, 0.1) is 5.52 Å². The van der Waals surface area contributed by atoms with E-state index in [2.05, 4.69) is 17.8 Å². The monoisotopic (exact) mass is 308 g/mol. The quantitative estimate of drug-likeness (QED) is 0.645. The minimum atomic E-state index is -0.688. The lowest BCUT2D eigenvalue weighted by Gasteiger charge is -2.21. The molecule has 1 saturated heterocycles. The average molecular weight is 308 g/mol. The molecule has 1 aliphatic heterocycles. The Labute approximate surface area is 123 Å². The number of carbonyl (C=O) groups is 2. The Bertz CT molecular complexity index is 790. The Morgan fingerprint density at radius 1 is 1.29 bits per heavy atom. The number of imide groups is 1. The van der Waals surface area contributed by atoms with Gasteiger partial charge < -0.3 is 4.42 Å². The summed E-state index contributed by atoms with van der Waals surface area (Å²) in [7, 11) is -0.431. The van der Waals surface area contributed by atoms with Crippen LogP contribution in [0.4, 0.5) is 0 Å². The summed E-state index contributed by atoms with van der Waals surface area (Å²) in [5.41, 5.74) is 1.16. The first-order valence-electron chi connectivity index (χ1n) is 6.64. The zero-order valence-corrected chi connectivity index (χ0v) is 12.6. The summed E-state index contributed by atoms with van der Waals surface area (Å²) in [6.07, 6.45) is 4.70. The maximum absolute atomic E-state index is 12.2. The number of oxazole rings is 1. The first-order chi connectivity index (χ1) is 9.99. The summed E-state index contributed by atoms with van der Waals surface area (Å²) in [6, 6.07) is 4.88. The molecule has 0 radical (unpaired) electrons. The molecule has 1 N–H and O–H groups in total. The fraction of sp³-hybridized carbons (Fsp3) is 0.357. The second-order valence-corrected chi connectivity index (χ2v) is 7.50. The second-order valence-electron chi connectivity index (χ2n) is 5.22. The summed E-state index contributed by atoms with van der Waals surface area (Å²) >= 11 is 0. The van der Waals surface area contributed by atoms with E-state index in [4.69, 9.17) is 4.42 Å². The van der Waals surface area contributed by atoms with Crippen molar-refractivity contribution in [2.45, 2.75) is 23.8 Å². The number of rotatable bonds is 2. The van der Waals surface area contributed by atoms with Gasteiger partial charge in [-0.1, -0.05) is 6.07 Å². The zero-order chi connectivity index (χ0) is 15.1. The Morgan fingerprint density at radius 2 is 2.05 bits per heavy atom. The highest BCUT2D eigenvalue weighted by atomic mass is 32.2. The number of piperidine rings is 1. The molecular formula is C14H16N2O4S. The van der Waals surface area contributed by atoms with E-state index in [-0.39, 0.29) is 12.3 Å². The van der Waals surface area contributed by atoms with Crippen molar-refractivity contribution in [2.75, 3.05) is 12.5 Å². The molecule has 6 nitrogen and oxygen atoms in total. The van der Waals surface area contributed by atoms with E-state index in [0.29, 0.717) is 17.5 Å². The van der Waals surface area contributed by atoms with Crippen LogP contribution in [0.25, 0.3) is 11.1 Å². The highest BCUT2D eigenvalue weighted by Crippen LogP contribution is 2.35. The summed E-state index contributed by atoms with van der Waals surface area (Å²) < 4.78 is 6.74. The number of fused-ring (bicyclic) bond motifs is 1. The molecule has 2 heterocycles.